The highest BCUT2D eigenvalue weighted by Gasteiger charge is 2.14. The van der Waals surface area contributed by atoms with Crippen LogP contribution in [0.3, 0.4) is 0 Å². The second-order valence-electron chi connectivity index (χ2n) is 6.02. The molecule has 0 N–H and O–H groups in total. The number of benzene rings is 2. The molecule has 0 saturated heterocycles. The highest BCUT2D eigenvalue weighted by atomic mass is 32.1. The highest BCUT2D eigenvalue weighted by molar-refractivity contribution is 7.19. The summed E-state index contributed by atoms with van der Waals surface area (Å²) in [6, 6.07) is 16.2. The molecule has 0 aliphatic heterocycles. The minimum atomic E-state index is 0.659. The molecule has 0 saturated carbocycles. The van der Waals surface area contributed by atoms with Crippen molar-refractivity contribution in [1.29, 1.82) is 0 Å². The molecular weight excluding hydrogens is 346 g/mol. The number of aromatic nitrogens is 4. The Morgan fingerprint density at radius 1 is 0.962 bits per heavy atom. The number of hydrogen-bond acceptors (Lipinski definition) is 6. The second-order valence-corrected chi connectivity index (χ2v) is 6.98. The van der Waals surface area contributed by atoms with E-state index in [0.717, 1.165) is 38.4 Å². The van der Waals surface area contributed by atoms with E-state index in [1.165, 1.54) is 11.3 Å². The first kappa shape index (κ1) is 16.5. The number of fused-ring (bicyclic) bond motifs is 1. The molecule has 0 radical (unpaired) electrons. The third-order valence-electron chi connectivity index (χ3n) is 4.05. The highest BCUT2D eigenvalue weighted by Crippen LogP contribution is 2.29. The first-order chi connectivity index (χ1) is 12.7. The van der Waals surface area contributed by atoms with Crippen LogP contribution in [-0.2, 0) is 0 Å². The Balaban J connectivity index is 1.68. The minimum absolute atomic E-state index is 0.659. The van der Waals surface area contributed by atoms with Gasteiger partial charge in [0.25, 0.3) is 0 Å². The van der Waals surface area contributed by atoms with Crippen LogP contribution in [0.25, 0.3) is 26.9 Å². The van der Waals surface area contributed by atoms with Crippen LogP contribution in [0.1, 0.15) is 6.92 Å². The van der Waals surface area contributed by atoms with Crippen LogP contribution in [0.15, 0.2) is 48.5 Å². The molecule has 7 heteroatoms. The fraction of sp³-hybridized carbons (Fsp3) is 0.211. The fourth-order valence-corrected chi connectivity index (χ4v) is 3.53. The molecule has 0 aliphatic rings. The van der Waals surface area contributed by atoms with E-state index in [9.17, 15) is 0 Å². The molecule has 2 heterocycles. The summed E-state index contributed by atoms with van der Waals surface area (Å²) in [6.45, 7) is 2.63. The van der Waals surface area contributed by atoms with E-state index in [-0.39, 0.29) is 0 Å². The van der Waals surface area contributed by atoms with Crippen molar-refractivity contribution in [2.24, 2.45) is 0 Å². The Hall–Kier alpha value is -2.93. The van der Waals surface area contributed by atoms with E-state index in [1.807, 2.05) is 57.4 Å². The molecule has 2 aromatic heterocycles. The lowest BCUT2D eigenvalue weighted by molar-refractivity contribution is 0.340. The predicted octanol–water partition coefficient (Wildman–Crippen LogP) is 3.98. The van der Waals surface area contributed by atoms with Crippen molar-refractivity contribution in [2.45, 2.75) is 6.92 Å². The van der Waals surface area contributed by atoms with Gasteiger partial charge in [-0.25, -0.2) is 0 Å². The average molecular weight is 365 g/mol. The third kappa shape index (κ3) is 3.01. The first-order valence-corrected chi connectivity index (χ1v) is 9.20. The van der Waals surface area contributed by atoms with Gasteiger partial charge in [0.05, 0.1) is 6.61 Å². The molecular formula is C19H19N5OS. The van der Waals surface area contributed by atoms with Gasteiger partial charge in [0, 0.05) is 30.9 Å². The molecule has 0 atom stereocenters. The van der Waals surface area contributed by atoms with E-state index < -0.39 is 0 Å². The first-order valence-electron chi connectivity index (χ1n) is 8.39. The Kier molecular flexibility index (Phi) is 4.30. The number of ether oxygens (including phenoxy) is 1. The van der Waals surface area contributed by atoms with E-state index in [4.69, 9.17) is 9.84 Å². The Morgan fingerprint density at radius 2 is 1.65 bits per heavy atom. The van der Waals surface area contributed by atoms with Gasteiger partial charge >= 0.3 is 0 Å². The van der Waals surface area contributed by atoms with Crippen LogP contribution in [0, 0.1) is 0 Å². The Labute approximate surface area is 155 Å². The van der Waals surface area contributed by atoms with Gasteiger partial charge in [0.2, 0.25) is 4.96 Å². The maximum absolute atomic E-state index is 5.50. The van der Waals surface area contributed by atoms with Gasteiger partial charge in [-0.3, -0.25) is 0 Å². The standard InChI is InChI=1S/C19H19N5OS/c1-4-25-16-11-7-14(8-12-16)18-22-24-17(20-21-19(24)26-18)13-5-9-15(10-6-13)23(2)3/h5-12H,4H2,1-3H3. The van der Waals surface area contributed by atoms with E-state index >= 15 is 0 Å². The zero-order chi connectivity index (χ0) is 18.1. The van der Waals surface area contributed by atoms with Crippen molar-refractivity contribution in [1.82, 2.24) is 19.8 Å². The van der Waals surface area contributed by atoms with Gasteiger partial charge in [-0.15, -0.1) is 10.2 Å². The maximum atomic E-state index is 5.50. The van der Waals surface area contributed by atoms with Crippen molar-refractivity contribution < 1.29 is 4.74 Å². The van der Waals surface area contributed by atoms with Crippen LogP contribution in [0.2, 0.25) is 0 Å². The van der Waals surface area contributed by atoms with Crippen molar-refractivity contribution in [3.05, 3.63) is 48.5 Å². The van der Waals surface area contributed by atoms with Gasteiger partial charge in [-0.2, -0.15) is 9.61 Å². The summed E-state index contributed by atoms with van der Waals surface area (Å²) in [7, 11) is 4.04. The lowest BCUT2D eigenvalue weighted by atomic mass is 10.2. The summed E-state index contributed by atoms with van der Waals surface area (Å²) in [5, 5.41) is 14.2. The second kappa shape index (κ2) is 6.76. The fourth-order valence-electron chi connectivity index (χ4n) is 2.68. The molecule has 2 aromatic carbocycles. The number of hydrogen-bond donors (Lipinski definition) is 0. The SMILES string of the molecule is CCOc1ccc(-c2nn3c(-c4ccc(N(C)C)cc4)nnc3s2)cc1. The molecule has 0 unspecified atom stereocenters. The lowest BCUT2D eigenvalue weighted by Crippen LogP contribution is -2.08. The van der Waals surface area contributed by atoms with Gasteiger partial charge in [0.1, 0.15) is 10.8 Å². The van der Waals surface area contributed by atoms with Gasteiger partial charge in [0.15, 0.2) is 5.82 Å². The molecule has 0 spiro atoms. The number of anilines is 1. The van der Waals surface area contributed by atoms with Crippen LogP contribution < -0.4 is 9.64 Å². The predicted molar refractivity (Wildman–Crippen MR) is 105 cm³/mol. The zero-order valence-corrected chi connectivity index (χ0v) is 15.7. The van der Waals surface area contributed by atoms with Crippen LogP contribution >= 0.6 is 11.3 Å². The summed E-state index contributed by atoms with van der Waals surface area (Å²) in [4.78, 5) is 2.84. The molecule has 0 fully saturated rings. The van der Waals surface area contributed by atoms with Crippen molar-refractivity contribution in [2.75, 3.05) is 25.6 Å². The van der Waals surface area contributed by atoms with Crippen LogP contribution in [-0.4, -0.2) is 40.5 Å². The summed E-state index contributed by atoms with van der Waals surface area (Å²) in [6.07, 6.45) is 0. The molecule has 0 amide bonds. The zero-order valence-electron chi connectivity index (χ0n) is 14.9. The Morgan fingerprint density at radius 3 is 2.31 bits per heavy atom. The van der Waals surface area contributed by atoms with Crippen molar-refractivity contribution in [3.63, 3.8) is 0 Å². The summed E-state index contributed by atoms with van der Waals surface area (Å²) in [5.74, 6) is 1.61. The smallest absolute Gasteiger partial charge is 0.235 e. The largest absolute Gasteiger partial charge is 0.494 e. The van der Waals surface area contributed by atoms with E-state index in [0.29, 0.717) is 6.61 Å². The molecule has 0 bridgehead atoms. The third-order valence-corrected chi connectivity index (χ3v) is 4.99. The number of rotatable bonds is 5. The van der Waals surface area contributed by atoms with Crippen LogP contribution in [0.4, 0.5) is 5.69 Å². The molecule has 4 rings (SSSR count). The van der Waals surface area contributed by atoms with Crippen molar-refractivity contribution in [3.8, 4) is 27.7 Å². The Bertz CT molecular complexity index is 1020. The number of nitrogens with zero attached hydrogens (tertiary/aromatic N) is 5. The molecule has 26 heavy (non-hydrogen) atoms. The monoisotopic (exact) mass is 365 g/mol. The molecule has 6 nitrogen and oxygen atoms in total. The topological polar surface area (TPSA) is 55.6 Å². The quantitative estimate of drug-likeness (QED) is 0.535. The summed E-state index contributed by atoms with van der Waals surface area (Å²) < 4.78 is 7.30. The van der Waals surface area contributed by atoms with E-state index in [1.54, 1.807) is 4.52 Å². The molecule has 4 aromatic rings. The van der Waals surface area contributed by atoms with Gasteiger partial charge in [-0.05, 0) is 55.5 Å². The normalized spacial score (nSPS) is 11.0. The summed E-state index contributed by atoms with van der Waals surface area (Å²) >= 11 is 1.52. The molecule has 132 valence electrons. The molecule has 0 aliphatic carbocycles. The van der Waals surface area contributed by atoms with Crippen LogP contribution in [0.5, 0.6) is 5.75 Å². The maximum Gasteiger partial charge on any atom is 0.235 e. The summed E-state index contributed by atoms with van der Waals surface area (Å²) in [5.41, 5.74) is 3.17. The van der Waals surface area contributed by atoms with Crippen molar-refractivity contribution >= 4 is 22.0 Å². The average Bonchev–Trinajstić information content (AvgIpc) is 3.23. The van der Waals surface area contributed by atoms with E-state index in [2.05, 4.69) is 27.2 Å². The minimum Gasteiger partial charge on any atom is -0.494 e. The van der Waals surface area contributed by atoms with Gasteiger partial charge < -0.3 is 9.64 Å². The van der Waals surface area contributed by atoms with Gasteiger partial charge in [-0.1, -0.05) is 11.3 Å². The lowest BCUT2D eigenvalue weighted by Gasteiger charge is -2.11.